The molecule has 1 aliphatic rings. The molecule has 3 heterocycles. The van der Waals surface area contributed by atoms with E-state index in [2.05, 4.69) is 38.9 Å². The third-order valence-electron chi connectivity index (χ3n) is 5.80. The van der Waals surface area contributed by atoms with E-state index in [-0.39, 0.29) is 11.7 Å². The van der Waals surface area contributed by atoms with Crippen LogP contribution in [-0.2, 0) is 6.54 Å². The maximum Gasteiger partial charge on any atom is 0.291 e. The minimum absolute atomic E-state index is 0.267. The second-order valence-electron chi connectivity index (χ2n) is 8.09. The van der Waals surface area contributed by atoms with Crippen LogP contribution in [0.5, 0.6) is 0 Å². The lowest BCUT2D eigenvalue weighted by molar-refractivity contribution is 0.0996. The van der Waals surface area contributed by atoms with Crippen LogP contribution < -0.4 is 10.6 Å². The van der Waals surface area contributed by atoms with Crippen LogP contribution in [0.25, 0.3) is 0 Å². The highest BCUT2D eigenvalue weighted by atomic mass is 16.3. The van der Waals surface area contributed by atoms with Gasteiger partial charge in [0.05, 0.1) is 25.2 Å². The molecule has 2 N–H and O–H groups in total. The summed E-state index contributed by atoms with van der Waals surface area (Å²) in [5.41, 5.74) is 1.74. The van der Waals surface area contributed by atoms with Gasteiger partial charge in [0.25, 0.3) is 5.91 Å². The maximum atomic E-state index is 12.2. The fourth-order valence-corrected chi connectivity index (χ4v) is 4.03. The van der Waals surface area contributed by atoms with Gasteiger partial charge >= 0.3 is 0 Å². The quantitative estimate of drug-likeness (QED) is 0.455. The van der Waals surface area contributed by atoms with Crippen molar-refractivity contribution in [2.45, 2.75) is 32.9 Å². The zero-order chi connectivity index (χ0) is 22.3. The Hall–Kier alpha value is -3.55. The van der Waals surface area contributed by atoms with Crippen LogP contribution in [0, 0.1) is 5.92 Å². The Balaban J connectivity index is 1.44. The van der Waals surface area contributed by atoms with Gasteiger partial charge in [0.15, 0.2) is 11.7 Å². The first-order valence-corrected chi connectivity index (χ1v) is 11.1. The molecule has 0 aliphatic carbocycles. The number of carbonyl (C=O) groups is 1. The average molecular weight is 435 g/mol. The Morgan fingerprint density at radius 3 is 2.97 bits per heavy atom. The standard InChI is InChI=1S/C24H30N6O2/c1-3-26-24(29-11-9-18(2)21(16-29)30-12-10-25-17-30)27-15-19-6-4-7-20(14-19)28-23(31)22-8-5-13-32-22/h4-8,10,12-14,17-18,21H,3,9,11,15-16H2,1-2H3,(H,26,27)(H,28,31). The molecule has 8 heteroatoms. The molecule has 8 nitrogen and oxygen atoms in total. The summed E-state index contributed by atoms with van der Waals surface area (Å²) >= 11 is 0. The molecule has 1 saturated heterocycles. The second kappa shape index (κ2) is 10.2. The molecule has 168 valence electrons. The number of aliphatic imine (C=N–C) groups is 1. The summed E-state index contributed by atoms with van der Waals surface area (Å²) in [4.78, 5) is 23.7. The average Bonchev–Trinajstić information content (AvgIpc) is 3.52. The predicted molar refractivity (Wildman–Crippen MR) is 125 cm³/mol. The van der Waals surface area contributed by atoms with Crippen LogP contribution in [0.3, 0.4) is 0 Å². The second-order valence-corrected chi connectivity index (χ2v) is 8.09. The van der Waals surface area contributed by atoms with Gasteiger partial charge in [0, 0.05) is 37.7 Å². The first-order valence-electron chi connectivity index (χ1n) is 11.1. The van der Waals surface area contributed by atoms with Gasteiger partial charge in [-0.3, -0.25) is 4.79 Å². The number of rotatable bonds is 6. The lowest BCUT2D eigenvalue weighted by atomic mass is 9.93. The van der Waals surface area contributed by atoms with Crippen LogP contribution in [0.2, 0.25) is 0 Å². The number of hydrogen-bond acceptors (Lipinski definition) is 4. The summed E-state index contributed by atoms with van der Waals surface area (Å²) < 4.78 is 7.36. The van der Waals surface area contributed by atoms with E-state index in [4.69, 9.17) is 9.41 Å². The summed E-state index contributed by atoms with van der Waals surface area (Å²) in [5.74, 6) is 1.51. The summed E-state index contributed by atoms with van der Waals surface area (Å²) in [6.07, 6.45) is 8.36. The summed E-state index contributed by atoms with van der Waals surface area (Å²) in [5, 5.41) is 6.31. The summed E-state index contributed by atoms with van der Waals surface area (Å²) in [6, 6.07) is 11.5. The van der Waals surface area contributed by atoms with Crippen LogP contribution in [0.4, 0.5) is 5.69 Å². The van der Waals surface area contributed by atoms with E-state index < -0.39 is 0 Å². The number of carbonyl (C=O) groups excluding carboxylic acids is 1. The zero-order valence-corrected chi connectivity index (χ0v) is 18.6. The van der Waals surface area contributed by atoms with Gasteiger partial charge in [-0.15, -0.1) is 0 Å². The Morgan fingerprint density at radius 2 is 2.22 bits per heavy atom. The van der Waals surface area contributed by atoms with Gasteiger partial charge in [-0.05, 0) is 49.1 Å². The number of aromatic nitrogens is 2. The number of imidazole rings is 1. The highest BCUT2D eigenvalue weighted by Gasteiger charge is 2.28. The number of nitrogens with zero attached hydrogens (tertiary/aromatic N) is 4. The minimum atomic E-state index is -0.267. The predicted octanol–water partition coefficient (Wildman–Crippen LogP) is 3.78. The third-order valence-corrected chi connectivity index (χ3v) is 5.80. The lowest BCUT2D eigenvalue weighted by Crippen LogP contribution is -2.49. The van der Waals surface area contributed by atoms with Gasteiger partial charge in [-0.1, -0.05) is 19.1 Å². The highest BCUT2D eigenvalue weighted by Crippen LogP contribution is 2.27. The SMILES string of the molecule is CCNC(=NCc1cccc(NC(=O)c2ccco2)c1)N1CCC(C)C(n2ccnc2)C1. The number of likely N-dealkylation sites (tertiary alicyclic amines) is 1. The Labute approximate surface area is 188 Å². The molecular formula is C24H30N6O2. The number of hydrogen-bond donors (Lipinski definition) is 2. The molecule has 32 heavy (non-hydrogen) atoms. The van der Waals surface area contributed by atoms with Gasteiger partial charge in [-0.25, -0.2) is 9.98 Å². The molecule has 4 rings (SSSR count). The molecule has 3 aromatic rings. The number of furan rings is 1. The third kappa shape index (κ3) is 5.19. The first kappa shape index (κ1) is 21.7. The van der Waals surface area contributed by atoms with Crippen molar-refractivity contribution in [3.63, 3.8) is 0 Å². The van der Waals surface area contributed by atoms with Gasteiger partial charge < -0.3 is 24.5 Å². The molecule has 0 radical (unpaired) electrons. The topological polar surface area (TPSA) is 87.7 Å². The lowest BCUT2D eigenvalue weighted by Gasteiger charge is -2.39. The van der Waals surface area contributed by atoms with Crippen LogP contribution in [0.1, 0.15) is 42.4 Å². The van der Waals surface area contributed by atoms with Crippen molar-refractivity contribution < 1.29 is 9.21 Å². The van der Waals surface area contributed by atoms with Gasteiger partial charge in [-0.2, -0.15) is 0 Å². The van der Waals surface area contributed by atoms with Gasteiger partial charge in [0.1, 0.15) is 0 Å². The number of guanidine groups is 1. The van der Waals surface area contributed by atoms with Crippen molar-refractivity contribution in [1.82, 2.24) is 19.8 Å². The Kier molecular flexibility index (Phi) is 6.89. The number of anilines is 1. The number of nitrogens with one attached hydrogen (secondary N) is 2. The summed E-state index contributed by atoms with van der Waals surface area (Å²) in [7, 11) is 0. The van der Waals surface area contributed by atoms with E-state index in [1.54, 1.807) is 12.1 Å². The zero-order valence-electron chi connectivity index (χ0n) is 18.6. The van der Waals surface area contributed by atoms with E-state index >= 15 is 0 Å². The van der Waals surface area contributed by atoms with Crippen molar-refractivity contribution in [2.75, 3.05) is 25.0 Å². The molecule has 1 aliphatic heterocycles. The molecular weight excluding hydrogens is 404 g/mol. The molecule has 2 atom stereocenters. The fourth-order valence-electron chi connectivity index (χ4n) is 4.03. The highest BCUT2D eigenvalue weighted by molar-refractivity contribution is 6.02. The number of piperidine rings is 1. The van der Waals surface area contributed by atoms with Gasteiger partial charge in [0.2, 0.25) is 0 Å². The largest absolute Gasteiger partial charge is 0.459 e. The van der Waals surface area contributed by atoms with E-state index in [1.165, 1.54) is 6.26 Å². The van der Waals surface area contributed by atoms with Crippen molar-refractivity contribution in [3.05, 3.63) is 72.7 Å². The maximum absolute atomic E-state index is 12.2. The first-order chi connectivity index (χ1) is 15.6. The Morgan fingerprint density at radius 1 is 1.31 bits per heavy atom. The molecule has 1 fully saturated rings. The number of benzene rings is 1. The fraction of sp³-hybridized carbons (Fsp3) is 0.375. The van der Waals surface area contributed by atoms with Crippen molar-refractivity contribution in [2.24, 2.45) is 10.9 Å². The molecule has 1 aromatic carbocycles. The molecule has 0 saturated carbocycles. The van der Waals surface area contributed by atoms with Crippen molar-refractivity contribution in [1.29, 1.82) is 0 Å². The van der Waals surface area contributed by atoms with Crippen molar-refractivity contribution >= 4 is 17.6 Å². The normalized spacial score (nSPS) is 19.1. The summed E-state index contributed by atoms with van der Waals surface area (Å²) in [6.45, 7) is 7.57. The molecule has 2 unspecified atom stereocenters. The smallest absolute Gasteiger partial charge is 0.291 e. The van der Waals surface area contributed by atoms with Crippen LogP contribution in [0.15, 0.2) is 70.8 Å². The molecule has 2 aromatic heterocycles. The van der Waals surface area contributed by atoms with E-state index in [1.807, 2.05) is 43.0 Å². The molecule has 0 bridgehead atoms. The van der Waals surface area contributed by atoms with E-state index in [0.717, 1.165) is 43.3 Å². The van der Waals surface area contributed by atoms with Crippen LogP contribution >= 0.6 is 0 Å². The molecule has 0 spiro atoms. The van der Waals surface area contributed by atoms with E-state index in [0.29, 0.717) is 18.5 Å². The monoisotopic (exact) mass is 434 g/mol. The van der Waals surface area contributed by atoms with E-state index in [9.17, 15) is 4.79 Å². The van der Waals surface area contributed by atoms with Crippen LogP contribution in [-0.4, -0.2) is 46.0 Å². The minimum Gasteiger partial charge on any atom is -0.459 e. The molecule has 1 amide bonds. The Bertz CT molecular complexity index is 1030. The van der Waals surface area contributed by atoms with Crippen molar-refractivity contribution in [3.8, 4) is 0 Å². The number of amides is 1.